The molecule has 0 unspecified atom stereocenters. The highest BCUT2D eigenvalue weighted by molar-refractivity contribution is 8.77. The van der Waals surface area contributed by atoms with Gasteiger partial charge in [0.1, 0.15) is 35.7 Å². The molecular weight excluding hydrogens is 921 g/mol. The number of ether oxygens (including phenoxy) is 2. The van der Waals surface area contributed by atoms with Crippen LogP contribution in [0.25, 0.3) is 21.5 Å². The van der Waals surface area contributed by atoms with Crippen molar-refractivity contribution in [1.82, 2.24) is 20.4 Å². The quantitative estimate of drug-likeness (QED) is 0.126. The molecule has 4 aromatic carbocycles. The van der Waals surface area contributed by atoms with Crippen LogP contribution in [0, 0.1) is 0 Å². The van der Waals surface area contributed by atoms with Crippen molar-refractivity contribution in [2.24, 2.45) is 0 Å². The van der Waals surface area contributed by atoms with Crippen molar-refractivity contribution >= 4 is 124 Å². The summed E-state index contributed by atoms with van der Waals surface area (Å²) in [6, 6.07) is 7.65. The number of carbonyl (C=O) groups is 10. The molecule has 12 bridgehead atoms. The molecule has 64 heavy (non-hydrogen) atoms. The van der Waals surface area contributed by atoms with Gasteiger partial charge in [-0.1, -0.05) is 55.3 Å². The van der Waals surface area contributed by atoms with Crippen LogP contribution in [0.15, 0.2) is 60.7 Å². The molecule has 0 fully saturated rings. The number of amides is 6. The maximum Gasteiger partial charge on any atom is 0.327 e. The van der Waals surface area contributed by atoms with Gasteiger partial charge in [-0.2, -0.15) is 0 Å². The number of aliphatic carboxylic acids is 4. The van der Waals surface area contributed by atoms with Gasteiger partial charge >= 0.3 is 23.9 Å². The predicted octanol–water partition coefficient (Wildman–Crippen LogP) is 2.46. The van der Waals surface area contributed by atoms with Gasteiger partial charge < -0.3 is 40.5 Å². The van der Waals surface area contributed by atoms with Gasteiger partial charge in [-0.15, -0.1) is 0 Å². The number of nitrogens with zero attached hydrogens (tertiary/aromatic N) is 2. The van der Waals surface area contributed by atoms with Gasteiger partial charge in [-0.25, -0.2) is 19.2 Å². The number of hydrogen-bond donors (Lipinski definition) is 6. The van der Waals surface area contributed by atoms with Crippen molar-refractivity contribution in [3.05, 3.63) is 82.9 Å². The van der Waals surface area contributed by atoms with E-state index in [0.717, 1.165) is 67.4 Å². The Bertz CT molecular complexity index is 2630. The third-order valence-electron chi connectivity index (χ3n) is 10.0. The third kappa shape index (κ3) is 9.11. The van der Waals surface area contributed by atoms with E-state index >= 15 is 0 Å². The lowest BCUT2D eigenvalue weighted by Crippen LogP contribution is -2.53. The lowest BCUT2D eigenvalue weighted by atomic mass is 9.85. The standard InChI is InChI=1S/C40H32N4O16S4/c45-29-11-59-18-4-5-19-17(10-18)2-1-3-28(19)60-12-30(46)42-25(38(53)54)14-62-64-16-27(40(57)58)44-35(49)22-8-6-20-31-21(7-9-23(32(22)31)36(44)50)34(48)43(33(20)47)26(39(55)56)15-63-61-13-24(41-29)37(51)52/h1-10,24-27H,11-16H2,(H,41,45)(H,42,46)(H,51,52)(H,53,54)(H,55,56)(H,57,58)/t24-,25-,26-,27-/m0/s1. The summed E-state index contributed by atoms with van der Waals surface area (Å²) in [6.07, 6.45) is 0. The summed E-state index contributed by atoms with van der Waals surface area (Å²) < 4.78 is 11.3. The number of nitrogens with one attached hydrogen (secondary N) is 2. The fourth-order valence-electron chi connectivity index (χ4n) is 7.01. The highest BCUT2D eigenvalue weighted by Gasteiger charge is 2.46. The van der Waals surface area contributed by atoms with E-state index in [-0.39, 0.29) is 56.0 Å². The minimum atomic E-state index is -1.78. The van der Waals surface area contributed by atoms with Crippen molar-refractivity contribution < 1.29 is 77.8 Å². The van der Waals surface area contributed by atoms with E-state index in [2.05, 4.69) is 10.6 Å². The highest BCUT2D eigenvalue weighted by atomic mass is 33.1. The average Bonchev–Trinajstić information content (AvgIpc) is 3.25. The van der Waals surface area contributed by atoms with Crippen LogP contribution in [0.2, 0.25) is 0 Å². The molecule has 0 saturated carbocycles. The normalized spacial score (nSPS) is 21.6. The summed E-state index contributed by atoms with van der Waals surface area (Å²) in [6.45, 7) is -1.19. The highest BCUT2D eigenvalue weighted by Crippen LogP contribution is 2.40. The van der Waals surface area contributed by atoms with Crippen LogP contribution in [0.1, 0.15) is 41.4 Å². The second kappa shape index (κ2) is 19.1. The van der Waals surface area contributed by atoms with E-state index in [4.69, 9.17) is 9.47 Å². The fourth-order valence-corrected chi connectivity index (χ4v) is 11.7. The van der Waals surface area contributed by atoms with E-state index in [0.29, 0.717) is 20.6 Å². The number of carboxylic acids is 4. The summed E-state index contributed by atoms with van der Waals surface area (Å²) in [5.41, 5.74) is -0.862. The minimum Gasteiger partial charge on any atom is -0.484 e. The molecule has 332 valence electrons. The van der Waals surface area contributed by atoms with Crippen LogP contribution in [0.3, 0.4) is 0 Å². The van der Waals surface area contributed by atoms with Gasteiger partial charge in [-0.3, -0.25) is 38.6 Å². The first-order valence-electron chi connectivity index (χ1n) is 18.7. The third-order valence-corrected chi connectivity index (χ3v) is 14.9. The Balaban J connectivity index is 1.18. The smallest absolute Gasteiger partial charge is 0.327 e. The summed E-state index contributed by atoms with van der Waals surface area (Å²) >= 11 is 0. The Morgan fingerprint density at radius 2 is 0.953 bits per heavy atom. The lowest BCUT2D eigenvalue weighted by Gasteiger charge is -2.35. The fraction of sp³-hybridized carbons (Fsp3) is 0.250. The maximum atomic E-state index is 14.0. The molecule has 0 spiro atoms. The molecule has 0 saturated heterocycles. The number of benzene rings is 4. The molecule has 0 aromatic heterocycles. The number of hydrogen-bond acceptors (Lipinski definition) is 16. The molecule has 4 aromatic rings. The summed E-state index contributed by atoms with van der Waals surface area (Å²) in [5.74, 6) is -12.8. The first-order chi connectivity index (χ1) is 30.6. The number of rotatable bonds is 4. The van der Waals surface area contributed by atoms with Crippen molar-refractivity contribution in [2.75, 3.05) is 36.2 Å². The van der Waals surface area contributed by atoms with Gasteiger partial charge in [0.2, 0.25) is 0 Å². The summed E-state index contributed by atoms with van der Waals surface area (Å²) in [7, 11) is 3.37. The van der Waals surface area contributed by atoms with Crippen LogP contribution < -0.4 is 20.1 Å². The Morgan fingerprint density at radius 1 is 0.531 bits per heavy atom. The number of imide groups is 2. The van der Waals surface area contributed by atoms with E-state index < -0.39 is 108 Å². The second-order valence-electron chi connectivity index (χ2n) is 14.0. The molecular formula is C40H32N4O16S4. The molecule has 24 heteroatoms. The zero-order chi connectivity index (χ0) is 46.0. The molecule has 20 nitrogen and oxygen atoms in total. The van der Waals surface area contributed by atoms with Crippen LogP contribution in [-0.2, 0) is 28.8 Å². The van der Waals surface area contributed by atoms with Crippen LogP contribution in [0.5, 0.6) is 11.5 Å². The molecule has 10 aliphatic heterocycles. The van der Waals surface area contributed by atoms with Gasteiger partial charge in [0, 0.05) is 61.4 Å². The molecule has 0 radical (unpaired) electrons. The zero-order valence-electron chi connectivity index (χ0n) is 32.5. The van der Waals surface area contributed by atoms with Crippen molar-refractivity contribution in [3.63, 3.8) is 0 Å². The van der Waals surface area contributed by atoms with E-state index in [1.807, 2.05) is 0 Å². The van der Waals surface area contributed by atoms with Crippen molar-refractivity contribution in [3.8, 4) is 11.5 Å². The van der Waals surface area contributed by atoms with Crippen LogP contribution in [0.4, 0.5) is 0 Å². The SMILES string of the molecule is O=C1COc2ccc3c(cccc3c2)OCC(=O)N[C@H](C(=O)O)CSSC[C@@H](C(=O)O)N2C(=O)c3ccc4c5c(ccc(c35)C2=O)C(=O)N(C4=O)[C@H](C(=O)O)CSSC[C@@H](C(=O)O)N1. The zero-order valence-corrected chi connectivity index (χ0v) is 35.8. The Labute approximate surface area is 375 Å². The van der Waals surface area contributed by atoms with Gasteiger partial charge in [0.15, 0.2) is 13.2 Å². The van der Waals surface area contributed by atoms with E-state index in [9.17, 15) is 68.4 Å². The van der Waals surface area contributed by atoms with Crippen LogP contribution in [-0.4, -0.2) is 150 Å². The van der Waals surface area contributed by atoms with Gasteiger partial charge in [0.25, 0.3) is 35.4 Å². The van der Waals surface area contributed by atoms with Crippen LogP contribution >= 0.6 is 43.2 Å². The van der Waals surface area contributed by atoms with Gasteiger partial charge in [-0.05, 0) is 53.9 Å². The summed E-state index contributed by atoms with van der Waals surface area (Å²) in [4.78, 5) is 132. The second-order valence-corrected chi connectivity index (χ2v) is 19.1. The molecule has 10 heterocycles. The molecule has 4 atom stereocenters. The first kappa shape index (κ1) is 45.5. The predicted molar refractivity (Wildman–Crippen MR) is 232 cm³/mol. The number of carboxylic acid groups (broad SMARTS) is 4. The first-order valence-corrected chi connectivity index (χ1v) is 23.7. The maximum absolute atomic E-state index is 14.0. The molecule has 6 N–H and O–H groups in total. The van der Waals surface area contributed by atoms with E-state index in [1.165, 1.54) is 6.07 Å². The van der Waals surface area contributed by atoms with Crippen molar-refractivity contribution in [2.45, 2.75) is 24.2 Å². The van der Waals surface area contributed by atoms with Crippen molar-refractivity contribution in [1.29, 1.82) is 0 Å². The topological polar surface area (TPSA) is 301 Å². The Morgan fingerprint density at radius 3 is 1.38 bits per heavy atom. The monoisotopic (exact) mass is 952 g/mol. The van der Waals surface area contributed by atoms with Gasteiger partial charge in [0.05, 0.1) is 0 Å². The lowest BCUT2D eigenvalue weighted by molar-refractivity contribution is -0.141. The molecule has 6 amide bonds. The molecule has 10 aliphatic rings. The molecule has 0 aliphatic carbocycles. The molecule has 14 rings (SSSR count). The Hall–Kier alpha value is -6.50. The Kier molecular flexibility index (Phi) is 13.6. The van der Waals surface area contributed by atoms with E-state index in [1.54, 1.807) is 30.3 Å². The number of carbonyl (C=O) groups excluding carboxylic acids is 6. The summed E-state index contributed by atoms with van der Waals surface area (Å²) in [5, 5.41) is 45.6. The largest absolute Gasteiger partial charge is 0.484 e. The average molecular weight is 953 g/mol. The minimum absolute atomic E-state index is 0.114.